The van der Waals surface area contributed by atoms with Gasteiger partial charge in [-0.2, -0.15) is 11.3 Å². The van der Waals surface area contributed by atoms with Crippen molar-refractivity contribution in [2.45, 2.75) is 6.42 Å². The van der Waals surface area contributed by atoms with Crippen molar-refractivity contribution in [1.82, 2.24) is 0 Å². The molecule has 4 nitrogen and oxygen atoms in total. The molecular weight excluding hydrogens is 262 g/mol. The Morgan fingerprint density at radius 3 is 2.89 bits per heavy atom. The van der Waals surface area contributed by atoms with Crippen LogP contribution in [0.15, 0.2) is 35.0 Å². The summed E-state index contributed by atoms with van der Waals surface area (Å²) < 4.78 is 10.4. The van der Waals surface area contributed by atoms with Crippen molar-refractivity contribution in [3.63, 3.8) is 0 Å². The van der Waals surface area contributed by atoms with E-state index >= 15 is 0 Å². The third-order valence-corrected chi connectivity index (χ3v) is 3.41. The summed E-state index contributed by atoms with van der Waals surface area (Å²) in [7, 11) is 1.48. The Kier molecular flexibility index (Phi) is 4.41. The second kappa shape index (κ2) is 6.24. The van der Waals surface area contributed by atoms with Crippen LogP contribution in [0.2, 0.25) is 0 Å². The molecule has 0 saturated carbocycles. The van der Waals surface area contributed by atoms with Crippen LogP contribution < -0.4 is 10.5 Å². The molecule has 0 bridgehead atoms. The molecule has 100 valence electrons. The zero-order valence-corrected chi connectivity index (χ0v) is 11.4. The summed E-state index contributed by atoms with van der Waals surface area (Å²) in [6, 6.07) is 7.04. The lowest BCUT2D eigenvalue weighted by molar-refractivity contribution is 0.0506. The predicted octanol–water partition coefficient (Wildman–Crippen LogP) is 2.74. The number of rotatable bonds is 5. The van der Waals surface area contributed by atoms with Crippen molar-refractivity contribution in [2.75, 3.05) is 19.5 Å². The van der Waals surface area contributed by atoms with Crippen LogP contribution in [-0.2, 0) is 11.2 Å². The summed E-state index contributed by atoms with van der Waals surface area (Å²) >= 11 is 1.63. The van der Waals surface area contributed by atoms with Gasteiger partial charge in [0.1, 0.15) is 5.56 Å². The van der Waals surface area contributed by atoms with Gasteiger partial charge in [0, 0.05) is 6.42 Å². The van der Waals surface area contributed by atoms with Gasteiger partial charge in [0.2, 0.25) is 0 Å². The molecule has 0 spiro atoms. The minimum Gasteiger partial charge on any atom is -0.494 e. The van der Waals surface area contributed by atoms with E-state index in [2.05, 4.69) is 0 Å². The molecule has 2 N–H and O–H groups in total. The van der Waals surface area contributed by atoms with E-state index in [9.17, 15) is 4.79 Å². The fourth-order valence-electron chi connectivity index (χ4n) is 1.72. The predicted molar refractivity (Wildman–Crippen MR) is 75.7 cm³/mol. The Bertz CT molecular complexity index is 552. The number of methoxy groups -OCH3 is 1. The van der Waals surface area contributed by atoms with Crippen molar-refractivity contribution >= 4 is 23.0 Å². The molecule has 1 aromatic carbocycles. The number of esters is 1. The highest BCUT2D eigenvalue weighted by Gasteiger charge is 2.15. The molecule has 0 aliphatic rings. The minimum atomic E-state index is -0.417. The topological polar surface area (TPSA) is 61.5 Å². The number of benzene rings is 1. The van der Waals surface area contributed by atoms with Gasteiger partial charge < -0.3 is 15.2 Å². The van der Waals surface area contributed by atoms with Gasteiger partial charge in [-0.25, -0.2) is 4.79 Å². The van der Waals surface area contributed by atoms with Gasteiger partial charge in [-0.05, 0) is 34.5 Å². The highest BCUT2D eigenvalue weighted by Crippen LogP contribution is 2.26. The first-order valence-electron chi connectivity index (χ1n) is 5.83. The van der Waals surface area contributed by atoms with Crippen molar-refractivity contribution < 1.29 is 14.3 Å². The van der Waals surface area contributed by atoms with E-state index in [1.54, 1.807) is 29.5 Å². The van der Waals surface area contributed by atoms with Gasteiger partial charge in [0.05, 0.1) is 19.4 Å². The number of thiophene rings is 1. The molecule has 0 radical (unpaired) electrons. The van der Waals surface area contributed by atoms with Crippen LogP contribution in [0.25, 0.3) is 0 Å². The molecular formula is C14H15NO3S. The highest BCUT2D eigenvalue weighted by atomic mass is 32.1. The maximum Gasteiger partial charge on any atom is 0.342 e. The fraction of sp³-hybridized carbons (Fsp3) is 0.214. The van der Waals surface area contributed by atoms with Gasteiger partial charge in [0.15, 0.2) is 5.75 Å². The largest absolute Gasteiger partial charge is 0.494 e. The molecule has 0 amide bonds. The maximum absolute atomic E-state index is 11.9. The molecule has 1 heterocycles. The van der Waals surface area contributed by atoms with Crippen LogP contribution in [0.5, 0.6) is 5.75 Å². The molecule has 0 aliphatic carbocycles. The number of ether oxygens (including phenoxy) is 2. The van der Waals surface area contributed by atoms with Gasteiger partial charge in [-0.15, -0.1) is 0 Å². The second-order valence-corrected chi connectivity index (χ2v) is 4.73. The number of hydrogen-bond acceptors (Lipinski definition) is 5. The van der Waals surface area contributed by atoms with Crippen molar-refractivity contribution in [3.05, 3.63) is 46.2 Å². The summed E-state index contributed by atoms with van der Waals surface area (Å²) in [6.07, 6.45) is 0.708. The average Bonchev–Trinajstić information content (AvgIpc) is 2.91. The van der Waals surface area contributed by atoms with Crippen LogP contribution in [0.4, 0.5) is 5.69 Å². The summed E-state index contributed by atoms with van der Waals surface area (Å²) in [4.78, 5) is 11.9. The van der Waals surface area contributed by atoms with Gasteiger partial charge in [-0.1, -0.05) is 6.07 Å². The Morgan fingerprint density at radius 1 is 1.37 bits per heavy atom. The number of anilines is 1. The molecule has 2 rings (SSSR count). The zero-order valence-electron chi connectivity index (χ0n) is 10.6. The number of hydrogen-bond donors (Lipinski definition) is 1. The summed E-state index contributed by atoms with van der Waals surface area (Å²) in [5.41, 5.74) is 7.69. The number of carbonyl (C=O) groups excluding carboxylic acids is 1. The number of nitrogens with two attached hydrogens (primary N) is 1. The molecule has 0 unspecified atom stereocenters. The Labute approximate surface area is 115 Å². The lowest BCUT2D eigenvalue weighted by Gasteiger charge is -2.10. The molecule has 0 atom stereocenters. The van der Waals surface area contributed by atoms with E-state index in [0.29, 0.717) is 30.0 Å². The molecule has 0 saturated heterocycles. The Morgan fingerprint density at radius 2 is 2.21 bits per heavy atom. The number of nitrogen functional groups attached to an aromatic ring is 1. The van der Waals surface area contributed by atoms with Crippen LogP contribution >= 0.6 is 11.3 Å². The van der Waals surface area contributed by atoms with E-state index in [4.69, 9.17) is 15.2 Å². The maximum atomic E-state index is 11.9. The average molecular weight is 277 g/mol. The first-order valence-corrected chi connectivity index (χ1v) is 6.77. The smallest absolute Gasteiger partial charge is 0.342 e. The normalized spacial score (nSPS) is 10.2. The van der Waals surface area contributed by atoms with E-state index in [0.717, 1.165) is 5.56 Å². The summed E-state index contributed by atoms with van der Waals surface area (Å²) in [5, 5.41) is 4.03. The summed E-state index contributed by atoms with van der Waals surface area (Å²) in [6.45, 7) is 0.341. The zero-order chi connectivity index (χ0) is 13.7. The molecule has 2 aromatic rings. The Balaban J connectivity index is 1.98. The van der Waals surface area contributed by atoms with Gasteiger partial charge >= 0.3 is 5.97 Å². The number of carbonyl (C=O) groups is 1. The third kappa shape index (κ3) is 3.26. The fourth-order valence-corrected chi connectivity index (χ4v) is 2.42. The molecule has 5 heteroatoms. The molecule has 1 aromatic heterocycles. The lowest BCUT2D eigenvalue weighted by atomic mass is 10.1. The number of para-hydroxylation sites is 1. The van der Waals surface area contributed by atoms with Crippen molar-refractivity contribution in [3.8, 4) is 5.75 Å². The first-order chi connectivity index (χ1) is 9.22. The van der Waals surface area contributed by atoms with Crippen LogP contribution in [-0.4, -0.2) is 19.7 Å². The van der Waals surface area contributed by atoms with E-state index in [1.807, 2.05) is 16.8 Å². The van der Waals surface area contributed by atoms with Crippen LogP contribution in [0.1, 0.15) is 15.9 Å². The van der Waals surface area contributed by atoms with Crippen LogP contribution in [0, 0.1) is 0 Å². The second-order valence-electron chi connectivity index (χ2n) is 3.95. The standard InChI is InChI=1S/C14H15NO3S/c1-17-13-11(3-2-4-12(13)15)14(16)18-7-5-10-6-8-19-9-10/h2-4,6,8-9H,5,7,15H2,1H3. The molecule has 0 fully saturated rings. The van der Waals surface area contributed by atoms with Crippen molar-refractivity contribution in [2.24, 2.45) is 0 Å². The molecule has 0 aliphatic heterocycles. The van der Waals surface area contributed by atoms with Gasteiger partial charge in [-0.3, -0.25) is 0 Å². The lowest BCUT2D eigenvalue weighted by Crippen LogP contribution is -2.10. The SMILES string of the molecule is COc1c(N)cccc1C(=O)OCCc1ccsc1. The minimum absolute atomic E-state index is 0.341. The van der Waals surface area contributed by atoms with Crippen molar-refractivity contribution in [1.29, 1.82) is 0 Å². The third-order valence-electron chi connectivity index (χ3n) is 2.67. The van der Waals surface area contributed by atoms with E-state index in [1.165, 1.54) is 7.11 Å². The quantitative estimate of drug-likeness (QED) is 0.674. The van der Waals surface area contributed by atoms with E-state index < -0.39 is 5.97 Å². The highest BCUT2D eigenvalue weighted by molar-refractivity contribution is 7.07. The molecule has 19 heavy (non-hydrogen) atoms. The summed E-state index contributed by atoms with van der Waals surface area (Å²) in [5.74, 6) is -0.0533. The Hall–Kier alpha value is -2.01. The monoisotopic (exact) mass is 277 g/mol. The van der Waals surface area contributed by atoms with Crippen LogP contribution in [0.3, 0.4) is 0 Å². The van der Waals surface area contributed by atoms with E-state index in [-0.39, 0.29) is 0 Å². The first kappa shape index (κ1) is 13.4. The van der Waals surface area contributed by atoms with Gasteiger partial charge in [0.25, 0.3) is 0 Å².